The van der Waals surface area contributed by atoms with E-state index in [1.54, 1.807) is 0 Å². The summed E-state index contributed by atoms with van der Waals surface area (Å²) < 4.78 is 0. The Labute approximate surface area is 69.8 Å². The minimum absolute atomic E-state index is 0.0266. The molecule has 11 heavy (non-hydrogen) atoms. The lowest BCUT2D eigenvalue weighted by molar-refractivity contribution is 0.0817. The van der Waals surface area contributed by atoms with Crippen LogP contribution in [0.3, 0.4) is 0 Å². The molecule has 0 spiro atoms. The highest BCUT2D eigenvalue weighted by atomic mass is 16.3. The van der Waals surface area contributed by atoms with E-state index in [1.165, 1.54) is 6.42 Å². The van der Waals surface area contributed by atoms with Gasteiger partial charge in [0.25, 0.3) is 0 Å². The summed E-state index contributed by atoms with van der Waals surface area (Å²) in [5.41, 5.74) is 5.67. The van der Waals surface area contributed by atoms with E-state index in [0.29, 0.717) is 5.92 Å². The number of aliphatic hydroxyl groups is 1. The Hall–Kier alpha value is -0.0800. The standard InChI is InChI=1S/C7H15NO.C2H6/c1-5-3-2-4-6(9)7(5)8;1-2/h5-7,9H,2-4,8H2,1H3;1-2H3. The van der Waals surface area contributed by atoms with Gasteiger partial charge in [-0.3, -0.25) is 0 Å². The van der Waals surface area contributed by atoms with E-state index in [4.69, 9.17) is 5.73 Å². The minimum atomic E-state index is -0.242. The van der Waals surface area contributed by atoms with Crippen LogP contribution >= 0.6 is 0 Å². The van der Waals surface area contributed by atoms with Gasteiger partial charge in [-0.2, -0.15) is 0 Å². The zero-order chi connectivity index (χ0) is 8.85. The van der Waals surface area contributed by atoms with Crippen LogP contribution in [0, 0.1) is 5.92 Å². The van der Waals surface area contributed by atoms with Crippen LogP contribution in [0.5, 0.6) is 0 Å². The van der Waals surface area contributed by atoms with Gasteiger partial charge >= 0.3 is 0 Å². The van der Waals surface area contributed by atoms with Crippen LogP contribution < -0.4 is 5.73 Å². The van der Waals surface area contributed by atoms with Gasteiger partial charge in [-0.15, -0.1) is 0 Å². The van der Waals surface area contributed by atoms with Gasteiger partial charge in [-0.25, -0.2) is 0 Å². The van der Waals surface area contributed by atoms with E-state index in [2.05, 4.69) is 6.92 Å². The summed E-state index contributed by atoms with van der Waals surface area (Å²) in [4.78, 5) is 0. The van der Waals surface area contributed by atoms with E-state index in [1.807, 2.05) is 13.8 Å². The molecule has 1 fully saturated rings. The predicted octanol–water partition coefficient (Wildman–Crippen LogP) is 1.52. The first-order valence-electron chi connectivity index (χ1n) is 4.65. The van der Waals surface area contributed by atoms with Gasteiger partial charge in [0, 0.05) is 6.04 Å². The second-order valence-corrected chi connectivity index (χ2v) is 3.05. The van der Waals surface area contributed by atoms with Crippen molar-refractivity contribution in [2.45, 2.75) is 52.2 Å². The summed E-state index contributed by atoms with van der Waals surface area (Å²) in [6.07, 6.45) is 2.97. The molecule has 2 heteroatoms. The predicted molar refractivity (Wildman–Crippen MR) is 48.3 cm³/mol. The first kappa shape index (κ1) is 10.9. The molecule has 68 valence electrons. The largest absolute Gasteiger partial charge is 0.392 e. The highest BCUT2D eigenvalue weighted by Crippen LogP contribution is 2.22. The Morgan fingerprint density at radius 3 is 2.18 bits per heavy atom. The van der Waals surface area contributed by atoms with Crippen LogP contribution in [0.1, 0.15) is 40.0 Å². The van der Waals surface area contributed by atoms with Gasteiger partial charge < -0.3 is 10.8 Å². The summed E-state index contributed by atoms with van der Waals surface area (Å²) >= 11 is 0. The molecule has 0 aromatic rings. The molecule has 1 aliphatic carbocycles. The molecule has 0 aliphatic heterocycles. The van der Waals surface area contributed by atoms with Crippen LogP contribution in [-0.2, 0) is 0 Å². The number of nitrogens with two attached hydrogens (primary N) is 1. The van der Waals surface area contributed by atoms with Gasteiger partial charge in [0.05, 0.1) is 6.10 Å². The lowest BCUT2D eigenvalue weighted by atomic mass is 9.84. The van der Waals surface area contributed by atoms with Crippen molar-refractivity contribution < 1.29 is 5.11 Å². The van der Waals surface area contributed by atoms with E-state index >= 15 is 0 Å². The van der Waals surface area contributed by atoms with Crippen LogP contribution in [0.15, 0.2) is 0 Å². The van der Waals surface area contributed by atoms with Crippen molar-refractivity contribution in [3.05, 3.63) is 0 Å². The lowest BCUT2D eigenvalue weighted by Crippen LogP contribution is -2.43. The average molecular weight is 159 g/mol. The maximum Gasteiger partial charge on any atom is 0.0693 e. The van der Waals surface area contributed by atoms with Crippen molar-refractivity contribution in [3.63, 3.8) is 0 Å². The van der Waals surface area contributed by atoms with Gasteiger partial charge in [-0.05, 0) is 18.8 Å². The molecule has 3 unspecified atom stereocenters. The molecule has 0 aromatic carbocycles. The van der Waals surface area contributed by atoms with Crippen LogP contribution in [0.2, 0.25) is 0 Å². The summed E-state index contributed by atoms with van der Waals surface area (Å²) in [7, 11) is 0. The van der Waals surface area contributed by atoms with Crippen molar-refractivity contribution in [1.82, 2.24) is 0 Å². The molecular formula is C9H21NO. The fourth-order valence-corrected chi connectivity index (χ4v) is 1.41. The zero-order valence-corrected chi connectivity index (χ0v) is 7.88. The molecule has 0 bridgehead atoms. The SMILES string of the molecule is CC.CC1CCCC(O)C1N. The fourth-order valence-electron chi connectivity index (χ4n) is 1.41. The molecular weight excluding hydrogens is 138 g/mol. The number of rotatable bonds is 0. The first-order chi connectivity index (χ1) is 5.22. The molecule has 0 heterocycles. The maximum atomic E-state index is 9.22. The summed E-state index contributed by atoms with van der Waals surface area (Å²) in [6.45, 7) is 6.10. The molecule has 3 N–H and O–H groups in total. The van der Waals surface area contributed by atoms with Crippen molar-refractivity contribution in [2.75, 3.05) is 0 Å². The zero-order valence-electron chi connectivity index (χ0n) is 7.88. The van der Waals surface area contributed by atoms with Gasteiger partial charge in [-0.1, -0.05) is 27.2 Å². The Kier molecular flexibility index (Phi) is 5.51. The molecule has 0 aromatic heterocycles. The third-order valence-corrected chi connectivity index (χ3v) is 2.26. The van der Waals surface area contributed by atoms with Gasteiger partial charge in [0.2, 0.25) is 0 Å². The monoisotopic (exact) mass is 159 g/mol. The van der Waals surface area contributed by atoms with Crippen LogP contribution in [-0.4, -0.2) is 17.3 Å². The quantitative estimate of drug-likeness (QED) is 0.563. The Morgan fingerprint density at radius 1 is 1.27 bits per heavy atom. The first-order valence-corrected chi connectivity index (χ1v) is 4.65. The maximum absolute atomic E-state index is 9.22. The highest BCUT2D eigenvalue weighted by Gasteiger charge is 2.25. The molecule has 0 amide bonds. The van der Waals surface area contributed by atoms with Gasteiger partial charge in [0.1, 0.15) is 0 Å². The Bertz CT molecular complexity index is 85.6. The van der Waals surface area contributed by atoms with Crippen molar-refractivity contribution >= 4 is 0 Å². The second kappa shape index (κ2) is 5.56. The fraction of sp³-hybridized carbons (Fsp3) is 1.00. The summed E-state index contributed by atoms with van der Waals surface area (Å²) in [5, 5.41) is 9.22. The summed E-state index contributed by atoms with van der Waals surface area (Å²) in [6, 6.07) is 0.0266. The van der Waals surface area contributed by atoms with E-state index < -0.39 is 0 Å². The molecule has 1 rings (SSSR count). The molecule has 0 saturated heterocycles. The third kappa shape index (κ3) is 3.21. The molecule has 3 atom stereocenters. The van der Waals surface area contributed by atoms with E-state index in [0.717, 1.165) is 12.8 Å². The number of aliphatic hydroxyl groups excluding tert-OH is 1. The van der Waals surface area contributed by atoms with Crippen molar-refractivity contribution in [3.8, 4) is 0 Å². The topological polar surface area (TPSA) is 46.2 Å². The van der Waals surface area contributed by atoms with Crippen molar-refractivity contribution in [1.29, 1.82) is 0 Å². The number of hydrogen-bond acceptors (Lipinski definition) is 2. The van der Waals surface area contributed by atoms with Crippen LogP contribution in [0.25, 0.3) is 0 Å². The number of hydrogen-bond donors (Lipinski definition) is 2. The molecule has 1 saturated carbocycles. The molecule has 0 radical (unpaired) electrons. The molecule has 2 nitrogen and oxygen atoms in total. The van der Waals surface area contributed by atoms with Crippen LogP contribution in [0.4, 0.5) is 0 Å². The van der Waals surface area contributed by atoms with E-state index in [9.17, 15) is 5.11 Å². The average Bonchev–Trinajstić information content (AvgIpc) is 2.04. The second-order valence-electron chi connectivity index (χ2n) is 3.05. The highest BCUT2D eigenvalue weighted by molar-refractivity contribution is 4.81. The Morgan fingerprint density at radius 2 is 1.82 bits per heavy atom. The minimum Gasteiger partial charge on any atom is -0.392 e. The Balaban J connectivity index is 0.000000461. The lowest BCUT2D eigenvalue weighted by Gasteiger charge is -2.29. The smallest absolute Gasteiger partial charge is 0.0693 e. The summed E-state index contributed by atoms with van der Waals surface area (Å²) in [5.74, 6) is 0.508. The van der Waals surface area contributed by atoms with E-state index in [-0.39, 0.29) is 12.1 Å². The van der Waals surface area contributed by atoms with Crippen molar-refractivity contribution in [2.24, 2.45) is 11.7 Å². The molecule has 1 aliphatic rings. The van der Waals surface area contributed by atoms with Gasteiger partial charge in [0.15, 0.2) is 0 Å². The normalized spacial score (nSPS) is 37.4. The third-order valence-electron chi connectivity index (χ3n) is 2.26.